The van der Waals surface area contributed by atoms with Crippen molar-refractivity contribution in [3.63, 3.8) is 0 Å². The predicted molar refractivity (Wildman–Crippen MR) is 79.0 cm³/mol. The van der Waals surface area contributed by atoms with Gasteiger partial charge in [0.15, 0.2) is 6.04 Å². The van der Waals surface area contributed by atoms with Crippen molar-refractivity contribution >= 4 is 23.5 Å². The minimum atomic E-state index is -0.422. The van der Waals surface area contributed by atoms with Gasteiger partial charge in [-0.05, 0) is 13.0 Å². The summed E-state index contributed by atoms with van der Waals surface area (Å²) in [6.45, 7) is 4.08. The Morgan fingerprint density at radius 1 is 1.48 bits per heavy atom. The second-order valence-corrected chi connectivity index (χ2v) is 5.44. The molecule has 1 aromatic rings. The van der Waals surface area contributed by atoms with Crippen molar-refractivity contribution in [2.24, 2.45) is 0 Å². The van der Waals surface area contributed by atoms with Crippen LogP contribution < -0.4 is 10.2 Å². The topological polar surface area (TPSA) is 59.8 Å². The summed E-state index contributed by atoms with van der Waals surface area (Å²) in [7, 11) is 0. The van der Waals surface area contributed by atoms with E-state index >= 15 is 0 Å². The summed E-state index contributed by atoms with van der Waals surface area (Å²) >= 11 is 6.18. The minimum absolute atomic E-state index is 0.0967. The Morgan fingerprint density at radius 3 is 2.95 bits per heavy atom. The number of amides is 1. The van der Waals surface area contributed by atoms with Crippen LogP contribution in [-0.4, -0.2) is 37.6 Å². The molecule has 2 N–H and O–H groups in total. The van der Waals surface area contributed by atoms with Crippen LogP contribution in [0.3, 0.4) is 0 Å². The Morgan fingerprint density at radius 2 is 2.24 bits per heavy atom. The number of hydrogen-bond donors (Lipinski definition) is 2. The molecule has 2 atom stereocenters. The standard InChI is InChI=1S/C15H19ClN2O3/c1-2-21-14(19)9-13-15(20)17-7-8-18(13)10-11-5-3-4-6-12(11)16/h3-6,13H,2,7-10H2,1H3,(H,17,20)/p+1/t13-/m0/s1. The Bertz CT molecular complexity index is 521. The van der Waals surface area contributed by atoms with Gasteiger partial charge in [-0.3, -0.25) is 9.59 Å². The van der Waals surface area contributed by atoms with Gasteiger partial charge in [-0.25, -0.2) is 0 Å². The van der Waals surface area contributed by atoms with E-state index in [4.69, 9.17) is 16.3 Å². The van der Waals surface area contributed by atoms with Crippen LogP contribution >= 0.6 is 11.6 Å². The predicted octanol–water partition coefficient (Wildman–Crippen LogP) is 0.177. The normalized spacial score (nSPS) is 21.7. The molecule has 1 fully saturated rings. The maximum Gasteiger partial charge on any atom is 0.312 e. The fraction of sp³-hybridized carbons (Fsp3) is 0.467. The van der Waals surface area contributed by atoms with Gasteiger partial charge < -0.3 is 15.0 Å². The number of ether oxygens (including phenoxy) is 1. The summed E-state index contributed by atoms with van der Waals surface area (Å²) < 4.78 is 4.96. The van der Waals surface area contributed by atoms with Crippen LogP contribution in [0.25, 0.3) is 0 Å². The molecule has 1 unspecified atom stereocenters. The summed E-state index contributed by atoms with van der Waals surface area (Å²) in [4.78, 5) is 24.8. The highest BCUT2D eigenvalue weighted by molar-refractivity contribution is 6.31. The molecule has 1 amide bonds. The summed E-state index contributed by atoms with van der Waals surface area (Å²) in [6.07, 6.45) is 0.0967. The fourth-order valence-electron chi connectivity index (χ4n) is 2.55. The van der Waals surface area contributed by atoms with E-state index in [0.29, 0.717) is 24.7 Å². The molecule has 5 nitrogen and oxygen atoms in total. The molecule has 6 heteroatoms. The molecule has 0 aliphatic carbocycles. The lowest BCUT2D eigenvalue weighted by Crippen LogP contribution is -3.18. The molecule has 0 saturated carbocycles. The van der Waals surface area contributed by atoms with Gasteiger partial charge in [0, 0.05) is 10.6 Å². The first-order valence-electron chi connectivity index (χ1n) is 7.13. The van der Waals surface area contributed by atoms with Crippen LogP contribution in [0.1, 0.15) is 18.9 Å². The van der Waals surface area contributed by atoms with E-state index in [-0.39, 0.29) is 18.3 Å². The first-order valence-corrected chi connectivity index (χ1v) is 7.51. The number of quaternary nitrogens is 1. The Kier molecular flexibility index (Phi) is 5.59. The molecule has 0 spiro atoms. The lowest BCUT2D eigenvalue weighted by molar-refractivity contribution is -0.930. The second-order valence-electron chi connectivity index (χ2n) is 5.03. The van der Waals surface area contributed by atoms with Crippen LogP contribution in [0.15, 0.2) is 24.3 Å². The summed E-state index contributed by atoms with van der Waals surface area (Å²) in [5.74, 6) is -0.437. The number of benzene rings is 1. The van der Waals surface area contributed by atoms with Crippen LogP contribution in [0.4, 0.5) is 0 Å². The molecule has 1 aliphatic rings. The van der Waals surface area contributed by atoms with Crippen molar-refractivity contribution in [3.05, 3.63) is 34.9 Å². The number of carbonyl (C=O) groups is 2. The largest absolute Gasteiger partial charge is 0.466 e. The summed E-state index contributed by atoms with van der Waals surface area (Å²) in [5, 5.41) is 3.50. The SMILES string of the molecule is CCOC(=O)C[C@H]1C(=O)NCC[NH+]1Cc1ccccc1Cl. The molecule has 1 heterocycles. The van der Waals surface area contributed by atoms with Gasteiger partial charge in [0.1, 0.15) is 13.0 Å². The van der Waals surface area contributed by atoms with Gasteiger partial charge in [0.05, 0.1) is 19.7 Å². The van der Waals surface area contributed by atoms with E-state index in [1.165, 1.54) is 0 Å². The van der Waals surface area contributed by atoms with Crippen molar-refractivity contribution in [1.82, 2.24) is 5.32 Å². The van der Waals surface area contributed by atoms with Crippen LogP contribution in [-0.2, 0) is 20.9 Å². The van der Waals surface area contributed by atoms with E-state index in [1.54, 1.807) is 6.92 Å². The lowest BCUT2D eigenvalue weighted by Gasteiger charge is -2.31. The van der Waals surface area contributed by atoms with Crippen molar-refractivity contribution in [3.8, 4) is 0 Å². The number of nitrogens with one attached hydrogen (secondary N) is 2. The molecule has 1 aromatic carbocycles. The van der Waals surface area contributed by atoms with Crippen molar-refractivity contribution in [2.75, 3.05) is 19.7 Å². The second kappa shape index (κ2) is 7.43. The zero-order valence-corrected chi connectivity index (χ0v) is 12.8. The first kappa shape index (κ1) is 15.8. The maximum absolute atomic E-state index is 12.0. The van der Waals surface area contributed by atoms with E-state index < -0.39 is 6.04 Å². The molecular formula is C15H20ClN2O3+. The highest BCUT2D eigenvalue weighted by atomic mass is 35.5. The highest BCUT2D eigenvalue weighted by Crippen LogP contribution is 2.13. The lowest BCUT2D eigenvalue weighted by atomic mass is 10.1. The number of hydrogen-bond acceptors (Lipinski definition) is 3. The smallest absolute Gasteiger partial charge is 0.312 e. The molecule has 0 radical (unpaired) electrons. The molecular weight excluding hydrogens is 292 g/mol. The van der Waals surface area contributed by atoms with Crippen molar-refractivity contribution in [1.29, 1.82) is 0 Å². The maximum atomic E-state index is 12.0. The monoisotopic (exact) mass is 311 g/mol. The number of esters is 1. The third kappa shape index (κ3) is 4.19. The fourth-order valence-corrected chi connectivity index (χ4v) is 2.75. The van der Waals surface area contributed by atoms with Crippen molar-refractivity contribution < 1.29 is 19.2 Å². The number of piperazine rings is 1. The van der Waals surface area contributed by atoms with Gasteiger partial charge in [0.2, 0.25) is 0 Å². The quantitative estimate of drug-likeness (QED) is 0.763. The Hall–Kier alpha value is -1.59. The van der Waals surface area contributed by atoms with Gasteiger partial charge in [-0.1, -0.05) is 29.8 Å². The van der Waals surface area contributed by atoms with Gasteiger partial charge in [-0.15, -0.1) is 0 Å². The zero-order chi connectivity index (χ0) is 15.2. The molecule has 21 heavy (non-hydrogen) atoms. The van der Waals surface area contributed by atoms with Gasteiger partial charge in [0.25, 0.3) is 5.91 Å². The van der Waals surface area contributed by atoms with E-state index in [9.17, 15) is 9.59 Å². The minimum Gasteiger partial charge on any atom is -0.466 e. The van der Waals surface area contributed by atoms with Gasteiger partial charge >= 0.3 is 5.97 Å². The first-order chi connectivity index (χ1) is 10.1. The highest BCUT2D eigenvalue weighted by Gasteiger charge is 2.36. The van der Waals surface area contributed by atoms with Gasteiger partial charge in [-0.2, -0.15) is 0 Å². The Balaban J connectivity index is 2.09. The Labute approximate surface area is 129 Å². The average Bonchev–Trinajstić information content (AvgIpc) is 2.45. The molecule has 0 bridgehead atoms. The average molecular weight is 312 g/mol. The molecule has 2 rings (SSSR count). The molecule has 1 aliphatic heterocycles. The number of rotatable bonds is 5. The summed E-state index contributed by atoms with van der Waals surface area (Å²) in [5.41, 5.74) is 0.984. The zero-order valence-electron chi connectivity index (χ0n) is 12.0. The van der Waals surface area contributed by atoms with E-state index in [1.807, 2.05) is 24.3 Å². The molecule has 0 aromatic heterocycles. The molecule has 114 valence electrons. The third-order valence-electron chi connectivity index (χ3n) is 3.61. The van der Waals surface area contributed by atoms with E-state index in [0.717, 1.165) is 17.0 Å². The molecule has 1 saturated heterocycles. The summed E-state index contributed by atoms with van der Waals surface area (Å²) in [6, 6.07) is 7.16. The van der Waals surface area contributed by atoms with Crippen LogP contribution in [0, 0.1) is 0 Å². The van der Waals surface area contributed by atoms with Crippen LogP contribution in [0.5, 0.6) is 0 Å². The number of halogens is 1. The number of carbonyl (C=O) groups excluding carboxylic acids is 2. The van der Waals surface area contributed by atoms with Crippen LogP contribution in [0.2, 0.25) is 5.02 Å². The van der Waals surface area contributed by atoms with E-state index in [2.05, 4.69) is 5.32 Å². The third-order valence-corrected chi connectivity index (χ3v) is 3.97. The van der Waals surface area contributed by atoms with Crippen molar-refractivity contribution in [2.45, 2.75) is 25.9 Å².